The molecule has 106 valence electrons. The maximum Gasteiger partial charge on any atom is 0.142 e. The molecule has 0 saturated heterocycles. The van der Waals surface area contributed by atoms with E-state index in [0.29, 0.717) is 5.92 Å². The third-order valence-electron chi connectivity index (χ3n) is 4.15. The van der Waals surface area contributed by atoms with Crippen LogP contribution in [0.4, 0.5) is 5.69 Å². The summed E-state index contributed by atoms with van der Waals surface area (Å²) in [6, 6.07) is 6.41. The maximum atomic E-state index is 9.44. The molecule has 0 unspecified atom stereocenters. The van der Waals surface area contributed by atoms with Crippen LogP contribution in [-0.2, 0) is 0 Å². The van der Waals surface area contributed by atoms with Crippen molar-refractivity contribution in [1.82, 2.24) is 0 Å². The lowest BCUT2D eigenvalue weighted by molar-refractivity contribution is 0.215. The number of aliphatic hydroxyl groups excluding tert-OH is 1. The Bertz CT molecular complexity index is 438. The quantitative estimate of drug-likeness (QED) is 0.856. The standard InChI is InChI=1S/C16H25NO2/c1-12(2)13-5-6-14(15(9-13)19-4)17(3)10-16(11-18)7-8-16/h5-6,9,12,18H,7-8,10-11H2,1-4H3. The van der Waals surface area contributed by atoms with E-state index < -0.39 is 0 Å². The van der Waals surface area contributed by atoms with Crippen molar-refractivity contribution in [3.8, 4) is 5.75 Å². The second-order valence-electron chi connectivity index (χ2n) is 6.10. The molecule has 0 amide bonds. The van der Waals surface area contributed by atoms with Crippen molar-refractivity contribution in [1.29, 1.82) is 0 Å². The topological polar surface area (TPSA) is 32.7 Å². The number of hydrogen-bond donors (Lipinski definition) is 1. The van der Waals surface area contributed by atoms with Gasteiger partial charge in [0.1, 0.15) is 5.75 Å². The average Bonchev–Trinajstić information content (AvgIpc) is 3.18. The minimum atomic E-state index is 0.122. The van der Waals surface area contributed by atoms with Gasteiger partial charge in [-0.25, -0.2) is 0 Å². The molecule has 0 bridgehead atoms. The summed E-state index contributed by atoms with van der Waals surface area (Å²) in [5.74, 6) is 1.42. The van der Waals surface area contributed by atoms with Crippen LogP contribution in [0.15, 0.2) is 18.2 Å². The highest BCUT2D eigenvalue weighted by molar-refractivity contribution is 5.60. The van der Waals surface area contributed by atoms with Gasteiger partial charge >= 0.3 is 0 Å². The van der Waals surface area contributed by atoms with E-state index in [1.54, 1.807) is 7.11 Å². The van der Waals surface area contributed by atoms with Crippen LogP contribution >= 0.6 is 0 Å². The summed E-state index contributed by atoms with van der Waals surface area (Å²) in [6.45, 7) is 5.54. The number of aliphatic hydroxyl groups is 1. The minimum Gasteiger partial charge on any atom is -0.495 e. The summed E-state index contributed by atoms with van der Waals surface area (Å²) in [4.78, 5) is 2.20. The van der Waals surface area contributed by atoms with Crippen molar-refractivity contribution in [2.45, 2.75) is 32.6 Å². The Morgan fingerprint density at radius 3 is 2.53 bits per heavy atom. The maximum absolute atomic E-state index is 9.44. The van der Waals surface area contributed by atoms with Gasteiger partial charge in [0.25, 0.3) is 0 Å². The summed E-state index contributed by atoms with van der Waals surface area (Å²) >= 11 is 0. The van der Waals surface area contributed by atoms with E-state index in [0.717, 1.165) is 30.8 Å². The van der Waals surface area contributed by atoms with Crippen molar-refractivity contribution in [3.05, 3.63) is 23.8 Å². The highest BCUT2D eigenvalue weighted by Gasteiger charge is 2.43. The van der Waals surface area contributed by atoms with Crippen molar-refractivity contribution in [2.24, 2.45) is 5.41 Å². The molecule has 3 nitrogen and oxygen atoms in total. The third kappa shape index (κ3) is 3.03. The van der Waals surface area contributed by atoms with Gasteiger partial charge in [-0.05, 0) is 36.5 Å². The molecule has 0 heterocycles. The van der Waals surface area contributed by atoms with Gasteiger partial charge in [-0.3, -0.25) is 0 Å². The Hall–Kier alpha value is -1.22. The van der Waals surface area contributed by atoms with Gasteiger partial charge in [0, 0.05) is 19.0 Å². The van der Waals surface area contributed by atoms with Crippen LogP contribution in [-0.4, -0.2) is 32.4 Å². The molecule has 1 aliphatic carbocycles. The van der Waals surface area contributed by atoms with E-state index in [9.17, 15) is 5.11 Å². The van der Waals surface area contributed by atoms with E-state index in [4.69, 9.17) is 4.74 Å². The summed E-state index contributed by atoms with van der Waals surface area (Å²) in [6.07, 6.45) is 2.25. The lowest BCUT2D eigenvalue weighted by atomic mass is 10.0. The van der Waals surface area contributed by atoms with Crippen LogP contribution in [0.5, 0.6) is 5.75 Å². The first-order valence-electron chi connectivity index (χ1n) is 7.01. The third-order valence-corrected chi connectivity index (χ3v) is 4.15. The second kappa shape index (κ2) is 5.41. The van der Waals surface area contributed by atoms with Gasteiger partial charge in [-0.2, -0.15) is 0 Å². The van der Waals surface area contributed by atoms with E-state index in [1.807, 2.05) is 0 Å². The van der Waals surface area contributed by atoms with E-state index in [2.05, 4.69) is 44.0 Å². The van der Waals surface area contributed by atoms with Crippen molar-refractivity contribution in [2.75, 3.05) is 32.2 Å². The molecule has 1 saturated carbocycles. The molecule has 3 heteroatoms. The number of anilines is 1. The Labute approximate surface area is 116 Å². The Morgan fingerprint density at radius 1 is 1.37 bits per heavy atom. The Kier molecular flexibility index (Phi) is 4.04. The zero-order valence-electron chi connectivity index (χ0n) is 12.4. The number of nitrogens with zero attached hydrogens (tertiary/aromatic N) is 1. The zero-order chi connectivity index (χ0) is 14.0. The fourth-order valence-corrected chi connectivity index (χ4v) is 2.50. The molecule has 0 aromatic heterocycles. The number of methoxy groups -OCH3 is 1. The van der Waals surface area contributed by atoms with E-state index >= 15 is 0 Å². The molecular formula is C16H25NO2. The predicted octanol–water partition coefficient (Wildman–Crippen LogP) is 3.03. The number of ether oxygens (including phenoxy) is 1. The fraction of sp³-hybridized carbons (Fsp3) is 0.625. The first-order valence-corrected chi connectivity index (χ1v) is 7.01. The molecule has 1 N–H and O–H groups in total. The molecular weight excluding hydrogens is 238 g/mol. The molecule has 1 aromatic carbocycles. The molecule has 0 aliphatic heterocycles. The highest BCUT2D eigenvalue weighted by atomic mass is 16.5. The summed E-state index contributed by atoms with van der Waals surface area (Å²) in [5.41, 5.74) is 2.51. The van der Waals surface area contributed by atoms with Crippen LogP contribution < -0.4 is 9.64 Å². The Balaban J connectivity index is 2.19. The molecule has 1 aromatic rings. The van der Waals surface area contributed by atoms with Gasteiger partial charge in [-0.15, -0.1) is 0 Å². The van der Waals surface area contributed by atoms with E-state index in [1.165, 1.54) is 5.56 Å². The Morgan fingerprint density at radius 2 is 2.05 bits per heavy atom. The van der Waals surface area contributed by atoms with Crippen LogP contribution in [0, 0.1) is 5.41 Å². The van der Waals surface area contributed by atoms with E-state index in [-0.39, 0.29) is 12.0 Å². The van der Waals surface area contributed by atoms with Crippen LogP contribution in [0.1, 0.15) is 38.2 Å². The summed E-state index contributed by atoms with van der Waals surface area (Å²) in [5, 5.41) is 9.44. The van der Waals surface area contributed by atoms with Gasteiger partial charge < -0.3 is 14.7 Å². The summed E-state index contributed by atoms with van der Waals surface area (Å²) < 4.78 is 5.52. The van der Waals surface area contributed by atoms with Crippen LogP contribution in [0.2, 0.25) is 0 Å². The average molecular weight is 263 g/mol. The molecule has 1 fully saturated rings. The lowest BCUT2D eigenvalue weighted by Gasteiger charge is -2.26. The SMILES string of the molecule is COc1cc(C(C)C)ccc1N(C)CC1(CO)CC1. The number of hydrogen-bond acceptors (Lipinski definition) is 3. The predicted molar refractivity (Wildman–Crippen MR) is 79.1 cm³/mol. The molecule has 0 spiro atoms. The van der Waals surface area contributed by atoms with Crippen LogP contribution in [0.25, 0.3) is 0 Å². The molecule has 1 aliphatic rings. The first kappa shape index (κ1) is 14.2. The van der Waals surface area contributed by atoms with Gasteiger partial charge in [0.2, 0.25) is 0 Å². The molecule has 2 rings (SSSR count). The van der Waals surface area contributed by atoms with Crippen molar-refractivity contribution in [3.63, 3.8) is 0 Å². The zero-order valence-corrected chi connectivity index (χ0v) is 12.4. The largest absolute Gasteiger partial charge is 0.495 e. The van der Waals surface area contributed by atoms with Crippen molar-refractivity contribution >= 4 is 5.69 Å². The second-order valence-corrected chi connectivity index (χ2v) is 6.10. The minimum absolute atomic E-state index is 0.122. The molecule has 0 radical (unpaired) electrons. The number of rotatable bonds is 6. The smallest absolute Gasteiger partial charge is 0.142 e. The fourth-order valence-electron chi connectivity index (χ4n) is 2.50. The molecule has 0 atom stereocenters. The normalized spacial score (nSPS) is 16.5. The lowest BCUT2D eigenvalue weighted by Crippen LogP contribution is -2.29. The van der Waals surface area contributed by atoms with Crippen LogP contribution in [0.3, 0.4) is 0 Å². The van der Waals surface area contributed by atoms with Gasteiger partial charge in [0.15, 0.2) is 0 Å². The van der Waals surface area contributed by atoms with Crippen molar-refractivity contribution < 1.29 is 9.84 Å². The number of benzene rings is 1. The first-order chi connectivity index (χ1) is 9.01. The van der Waals surface area contributed by atoms with Gasteiger partial charge in [0.05, 0.1) is 19.4 Å². The molecule has 19 heavy (non-hydrogen) atoms. The highest BCUT2D eigenvalue weighted by Crippen LogP contribution is 2.46. The monoisotopic (exact) mass is 263 g/mol. The van der Waals surface area contributed by atoms with Gasteiger partial charge in [-0.1, -0.05) is 19.9 Å². The summed E-state index contributed by atoms with van der Waals surface area (Å²) in [7, 11) is 3.79.